The zero-order valence-electron chi connectivity index (χ0n) is 16.9. The number of rotatable bonds is 8. The predicted molar refractivity (Wildman–Crippen MR) is 128 cm³/mol. The van der Waals surface area contributed by atoms with Gasteiger partial charge in [-0.15, -0.1) is 21.5 Å². The van der Waals surface area contributed by atoms with Crippen LogP contribution in [0.25, 0.3) is 10.2 Å². The number of aromatic nitrogens is 6. The lowest BCUT2D eigenvalue weighted by Gasteiger charge is -2.10. The molecule has 31 heavy (non-hydrogen) atoms. The summed E-state index contributed by atoms with van der Waals surface area (Å²) in [5, 5.41) is 9.94. The third kappa shape index (κ3) is 4.68. The van der Waals surface area contributed by atoms with Crippen LogP contribution in [0, 0.1) is 0 Å². The van der Waals surface area contributed by atoms with Gasteiger partial charge >= 0.3 is 0 Å². The molecular formula is C22H20N6S3. The molecule has 0 atom stereocenters. The van der Waals surface area contributed by atoms with Crippen molar-refractivity contribution in [1.82, 2.24) is 29.3 Å². The van der Waals surface area contributed by atoms with Crippen molar-refractivity contribution in [3.63, 3.8) is 0 Å². The molecular weight excluding hydrogens is 444 g/mol. The highest BCUT2D eigenvalue weighted by Gasteiger charge is 2.15. The van der Waals surface area contributed by atoms with E-state index in [4.69, 9.17) is 4.98 Å². The van der Waals surface area contributed by atoms with Gasteiger partial charge in [-0.1, -0.05) is 66.0 Å². The Morgan fingerprint density at radius 2 is 1.71 bits per heavy atom. The van der Waals surface area contributed by atoms with Gasteiger partial charge in [0.1, 0.15) is 11.6 Å². The van der Waals surface area contributed by atoms with Gasteiger partial charge in [-0.2, -0.15) is 0 Å². The van der Waals surface area contributed by atoms with E-state index in [2.05, 4.69) is 62.2 Å². The molecule has 3 heterocycles. The van der Waals surface area contributed by atoms with Gasteiger partial charge in [-0.05, 0) is 17.7 Å². The standard InChI is InChI=1S/C22H20N6S3/c1-27-12-11-23-19(27)14-29-21-26-25-20(28(21)13-16-7-3-2-4-8-16)15-30-22-24-17-9-5-6-10-18(17)31-22/h2-12H,13-15H2,1H3. The second kappa shape index (κ2) is 9.25. The van der Waals surface area contributed by atoms with E-state index in [1.54, 1.807) is 34.9 Å². The number of imidazole rings is 1. The number of hydrogen-bond acceptors (Lipinski definition) is 7. The fourth-order valence-electron chi connectivity index (χ4n) is 3.16. The Balaban J connectivity index is 1.37. The fourth-order valence-corrected chi connectivity index (χ4v) is 6.13. The molecule has 0 radical (unpaired) electrons. The Hall–Kier alpha value is -2.62. The lowest BCUT2D eigenvalue weighted by atomic mass is 10.2. The van der Waals surface area contributed by atoms with Crippen LogP contribution in [0.3, 0.4) is 0 Å². The van der Waals surface area contributed by atoms with Gasteiger partial charge in [0.25, 0.3) is 0 Å². The van der Waals surface area contributed by atoms with Crippen LogP contribution in [0.4, 0.5) is 0 Å². The topological polar surface area (TPSA) is 61.4 Å². The Morgan fingerprint density at radius 3 is 2.52 bits per heavy atom. The molecule has 9 heteroatoms. The van der Waals surface area contributed by atoms with Crippen molar-refractivity contribution in [3.8, 4) is 0 Å². The molecule has 0 N–H and O–H groups in total. The molecule has 6 nitrogen and oxygen atoms in total. The molecule has 0 saturated heterocycles. The van der Waals surface area contributed by atoms with Crippen LogP contribution in [0.2, 0.25) is 0 Å². The molecule has 156 valence electrons. The van der Waals surface area contributed by atoms with E-state index in [1.807, 2.05) is 36.1 Å². The van der Waals surface area contributed by atoms with Gasteiger partial charge in [0, 0.05) is 19.4 Å². The summed E-state index contributed by atoms with van der Waals surface area (Å²) in [7, 11) is 2.01. The van der Waals surface area contributed by atoms with Gasteiger partial charge in [0.15, 0.2) is 9.50 Å². The highest BCUT2D eigenvalue weighted by Crippen LogP contribution is 2.32. The van der Waals surface area contributed by atoms with Crippen molar-refractivity contribution in [2.45, 2.75) is 27.5 Å². The summed E-state index contributed by atoms with van der Waals surface area (Å²) in [6.07, 6.45) is 3.79. The monoisotopic (exact) mass is 464 g/mol. The van der Waals surface area contributed by atoms with E-state index < -0.39 is 0 Å². The lowest BCUT2D eigenvalue weighted by molar-refractivity contribution is 0.684. The smallest absolute Gasteiger partial charge is 0.191 e. The molecule has 0 aliphatic rings. The van der Waals surface area contributed by atoms with Crippen molar-refractivity contribution in [1.29, 1.82) is 0 Å². The normalized spacial score (nSPS) is 11.4. The van der Waals surface area contributed by atoms with Gasteiger partial charge in [0.2, 0.25) is 0 Å². The van der Waals surface area contributed by atoms with Gasteiger partial charge < -0.3 is 9.13 Å². The average Bonchev–Trinajstić information content (AvgIpc) is 3.50. The second-order valence-corrected chi connectivity index (χ2v) is 10.1. The third-order valence-electron chi connectivity index (χ3n) is 4.83. The van der Waals surface area contributed by atoms with Gasteiger partial charge in [0.05, 0.1) is 28.3 Å². The zero-order chi connectivity index (χ0) is 21.0. The Kier molecular flexibility index (Phi) is 6.06. The second-order valence-electron chi connectivity index (χ2n) is 6.95. The predicted octanol–water partition coefficient (Wildman–Crippen LogP) is 5.25. The summed E-state index contributed by atoms with van der Waals surface area (Å²) in [4.78, 5) is 9.16. The minimum absolute atomic E-state index is 0.725. The largest absolute Gasteiger partial charge is 0.337 e. The number of thioether (sulfide) groups is 2. The molecule has 3 aromatic heterocycles. The molecule has 5 aromatic rings. The molecule has 0 aliphatic heterocycles. The quantitative estimate of drug-likeness (QED) is 0.292. The van der Waals surface area contributed by atoms with Crippen LogP contribution in [0.1, 0.15) is 17.2 Å². The van der Waals surface area contributed by atoms with Crippen molar-refractivity contribution in [2.24, 2.45) is 7.05 Å². The maximum Gasteiger partial charge on any atom is 0.191 e. The number of fused-ring (bicyclic) bond motifs is 1. The SMILES string of the molecule is Cn1ccnc1CSc1nnc(CSc2nc3ccccc3s2)n1Cc1ccccc1. The van der Waals surface area contributed by atoms with Crippen LogP contribution >= 0.6 is 34.9 Å². The highest BCUT2D eigenvalue weighted by molar-refractivity contribution is 8.00. The van der Waals surface area contributed by atoms with Crippen molar-refractivity contribution < 1.29 is 0 Å². The van der Waals surface area contributed by atoms with Crippen LogP contribution in [0.5, 0.6) is 0 Å². The number of thiazole rings is 1. The molecule has 0 amide bonds. The first kappa shape index (κ1) is 20.3. The first-order chi connectivity index (χ1) is 15.3. The summed E-state index contributed by atoms with van der Waals surface area (Å²) in [5.74, 6) is 3.45. The highest BCUT2D eigenvalue weighted by atomic mass is 32.2. The Labute approximate surface area is 192 Å². The summed E-state index contributed by atoms with van der Waals surface area (Å²) in [6.45, 7) is 0.743. The van der Waals surface area contributed by atoms with Crippen LogP contribution in [-0.2, 0) is 25.1 Å². The number of hydrogen-bond donors (Lipinski definition) is 0. The maximum atomic E-state index is 4.74. The molecule has 0 bridgehead atoms. The van der Waals surface area contributed by atoms with E-state index in [-0.39, 0.29) is 0 Å². The summed E-state index contributed by atoms with van der Waals surface area (Å²) >= 11 is 5.10. The molecule has 0 fully saturated rings. The molecule has 0 unspecified atom stereocenters. The number of nitrogens with zero attached hydrogens (tertiary/aromatic N) is 6. The van der Waals surface area contributed by atoms with Gasteiger partial charge in [-0.3, -0.25) is 0 Å². The van der Waals surface area contributed by atoms with E-state index in [0.29, 0.717) is 0 Å². The van der Waals surface area contributed by atoms with Crippen LogP contribution < -0.4 is 0 Å². The van der Waals surface area contributed by atoms with E-state index in [1.165, 1.54) is 10.3 Å². The summed E-state index contributed by atoms with van der Waals surface area (Å²) in [5.41, 5.74) is 2.28. The van der Waals surface area contributed by atoms with Crippen molar-refractivity contribution in [2.75, 3.05) is 0 Å². The van der Waals surface area contributed by atoms with Gasteiger partial charge in [-0.25, -0.2) is 9.97 Å². The fraction of sp³-hybridized carbons (Fsp3) is 0.182. The summed E-state index contributed by atoms with van der Waals surface area (Å²) in [6, 6.07) is 18.7. The minimum Gasteiger partial charge on any atom is -0.337 e. The van der Waals surface area contributed by atoms with E-state index in [9.17, 15) is 0 Å². The van der Waals surface area contributed by atoms with E-state index in [0.717, 1.165) is 44.7 Å². The van der Waals surface area contributed by atoms with Crippen molar-refractivity contribution in [3.05, 3.63) is 84.2 Å². The number of aryl methyl sites for hydroxylation is 1. The number of para-hydroxylation sites is 1. The van der Waals surface area contributed by atoms with Crippen LogP contribution in [0.15, 0.2) is 76.5 Å². The zero-order valence-corrected chi connectivity index (χ0v) is 19.3. The Morgan fingerprint density at radius 1 is 0.903 bits per heavy atom. The Bertz CT molecular complexity index is 1260. The van der Waals surface area contributed by atoms with Crippen molar-refractivity contribution >= 4 is 45.1 Å². The maximum absolute atomic E-state index is 4.74. The summed E-state index contributed by atoms with van der Waals surface area (Å²) < 4.78 is 6.51. The first-order valence-electron chi connectivity index (χ1n) is 9.79. The van der Waals surface area contributed by atoms with Crippen LogP contribution in [-0.4, -0.2) is 29.3 Å². The average molecular weight is 465 g/mol. The molecule has 0 aliphatic carbocycles. The molecule has 0 spiro atoms. The molecule has 5 rings (SSSR count). The molecule has 0 saturated carbocycles. The molecule has 2 aromatic carbocycles. The third-order valence-corrected chi connectivity index (χ3v) is 7.97. The minimum atomic E-state index is 0.725. The van der Waals surface area contributed by atoms with E-state index >= 15 is 0 Å². The lowest BCUT2D eigenvalue weighted by Crippen LogP contribution is -2.06. The number of benzene rings is 2. The first-order valence-corrected chi connectivity index (χ1v) is 12.6.